The maximum absolute atomic E-state index is 11.1. The minimum atomic E-state index is -0.486. The fourth-order valence-electron chi connectivity index (χ4n) is 2.40. The summed E-state index contributed by atoms with van der Waals surface area (Å²) in [5.74, 6) is 0.211. The summed E-state index contributed by atoms with van der Waals surface area (Å²) >= 11 is 1.49. The van der Waals surface area contributed by atoms with Gasteiger partial charge in [0.1, 0.15) is 0 Å². The van der Waals surface area contributed by atoms with Gasteiger partial charge in [-0.15, -0.1) is 11.3 Å². The lowest BCUT2D eigenvalue weighted by Gasteiger charge is -2.01. The van der Waals surface area contributed by atoms with Crippen LogP contribution in [0.15, 0.2) is 53.6 Å². The predicted molar refractivity (Wildman–Crippen MR) is 103 cm³/mol. The molecule has 0 amide bonds. The highest BCUT2D eigenvalue weighted by Gasteiger charge is 2.14. The number of nitro benzene ring substituents is 1. The van der Waals surface area contributed by atoms with Gasteiger partial charge < -0.3 is 4.74 Å². The molecule has 0 fully saturated rings. The largest absolute Gasteiger partial charge is 0.490 e. The summed E-state index contributed by atoms with van der Waals surface area (Å²) in [6.07, 6.45) is 1.51. The van der Waals surface area contributed by atoms with Gasteiger partial charge in [0, 0.05) is 22.1 Å². The van der Waals surface area contributed by atoms with Crippen molar-refractivity contribution in [3.05, 3.63) is 69.1 Å². The molecule has 8 heteroatoms. The zero-order chi connectivity index (χ0) is 18.5. The molecule has 132 valence electrons. The number of hydrazone groups is 1. The number of hydrogen-bond donors (Lipinski definition) is 1. The second-order valence-electron chi connectivity index (χ2n) is 5.35. The molecule has 1 aromatic heterocycles. The summed E-state index contributed by atoms with van der Waals surface area (Å²) in [6.45, 7) is 2.00. The first-order chi connectivity index (χ1) is 12.6. The molecule has 0 unspecified atom stereocenters. The molecule has 1 N–H and O–H groups in total. The van der Waals surface area contributed by atoms with E-state index in [1.165, 1.54) is 30.7 Å². The lowest BCUT2D eigenvalue weighted by molar-refractivity contribution is -0.385. The van der Waals surface area contributed by atoms with Crippen molar-refractivity contribution in [2.75, 3.05) is 12.5 Å². The normalized spacial score (nSPS) is 10.8. The number of methoxy groups -OCH3 is 1. The van der Waals surface area contributed by atoms with Crippen LogP contribution in [0, 0.1) is 17.0 Å². The van der Waals surface area contributed by atoms with E-state index >= 15 is 0 Å². The molecule has 0 bridgehead atoms. The minimum Gasteiger partial charge on any atom is -0.490 e. The summed E-state index contributed by atoms with van der Waals surface area (Å²) < 4.78 is 4.98. The molecule has 0 aliphatic carbocycles. The average Bonchev–Trinajstić information content (AvgIpc) is 3.03. The molecule has 3 aromatic rings. The Labute approximate surface area is 154 Å². The number of nitro groups is 1. The Morgan fingerprint density at radius 1 is 1.27 bits per heavy atom. The van der Waals surface area contributed by atoms with E-state index in [-0.39, 0.29) is 11.4 Å². The van der Waals surface area contributed by atoms with E-state index in [0.29, 0.717) is 10.7 Å². The first-order valence-electron chi connectivity index (χ1n) is 7.73. The molecule has 0 spiro atoms. The molecule has 3 rings (SSSR count). The van der Waals surface area contributed by atoms with Gasteiger partial charge in [-0.3, -0.25) is 15.5 Å². The van der Waals surface area contributed by atoms with Crippen LogP contribution in [0.3, 0.4) is 0 Å². The minimum absolute atomic E-state index is 0.104. The molecular formula is C18H16N4O3S. The molecular weight excluding hydrogens is 352 g/mol. The Kier molecular flexibility index (Phi) is 5.23. The quantitative estimate of drug-likeness (QED) is 0.393. The third-order valence-electron chi connectivity index (χ3n) is 3.62. The third kappa shape index (κ3) is 3.86. The number of anilines is 1. The van der Waals surface area contributed by atoms with E-state index in [1.807, 2.05) is 37.3 Å². The molecule has 0 aliphatic heterocycles. The Bertz CT molecular complexity index is 954. The van der Waals surface area contributed by atoms with Crippen LogP contribution in [0.4, 0.5) is 10.8 Å². The second-order valence-corrected chi connectivity index (χ2v) is 6.55. The van der Waals surface area contributed by atoms with Crippen molar-refractivity contribution in [2.24, 2.45) is 5.10 Å². The molecule has 7 nitrogen and oxygen atoms in total. The van der Waals surface area contributed by atoms with Crippen molar-refractivity contribution in [2.45, 2.75) is 6.92 Å². The summed E-state index contributed by atoms with van der Waals surface area (Å²) in [7, 11) is 1.40. The Morgan fingerprint density at radius 2 is 2.04 bits per heavy atom. The van der Waals surface area contributed by atoms with E-state index in [1.54, 1.807) is 12.1 Å². The number of benzene rings is 2. The molecule has 0 radical (unpaired) electrons. The van der Waals surface area contributed by atoms with E-state index in [9.17, 15) is 10.1 Å². The van der Waals surface area contributed by atoms with Gasteiger partial charge in [-0.25, -0.2) is 4.98 Å². The Balaban J connectivity index is 1.75. The first-order valence-corrected chi connectivity index (χ1v) is 8.54. The van der Waals surface area contributed by atoms with Crippen LogP contribution in [0.1, 0.15) is 10.4 Å². The van der Waals surface area contributed by atoms with Gasteiger partial charge >= 0.3 is 5.69 Å². The summed E-state index contributed by atoms with van der Waals surface area (Å²) in [5, 5.41) is 15.8. The number of thiazole rings is 1. The molecule has 0 atom stereocenters. The van der Waals surface area contributed by atoms with Crippen LogP contribution in [-0.2, 0) is 0 Å². The fraction of sp³-hybridized carbons (Fsp3) is 0.111. The molecule has 0 saturated carbocycles. The maximum Gasteiger partial charge on any atom is 0.311 e. The van der Waals surface area contributed by atoms with Gasteiger partial charge in [-0.05, 0) is 19.1 Å². The molecule has 1 heterocycles. The van der Waals surface area contributed by atoms with Crippen molar-refractivity contribution in [3.63, 3.8) is 0 Å². The van der Waals surface area contributed by atoms with Gasteiger partial charge in [0.25, 0.3) is 0 Å². The lowest BCUT2D eigenvalue weighted by Crippen LogP contribution is -1.96. The van der Waals surface area contributed by atoms with E-state index < -0.39 is 4.92 Å². The van der Waals surface area contributed by atoms with Crippen molar-refractivity contribution >= 4 is 28.4 Å². The number of ether oxygens (including phenoxy) is 1. The van der Waals surface area contributed by atoms with E-state index in [2.05, 4.69) is 15.5 Å². The van der Waals surface area contributed by atoms with Crippen molar-refractivity contribution in [3.8, 4) is 17.0 Å². The Morgan fingerprint density at radius 3 is 2.73 bits per heavy atom. The standard InChI is InChI=1S/C18H16N4O3S/c1-12-17(14-6-4-3-5-7-14)20-18(26-12)21-19-11-13-8-9-16(25-2)15(10-13)22(23)24/h3-11H,1-2H3,(H,20,21). The first kappa shape index (κ1) is 17.6. The van der Waals surface area contributed by atoms with Gasteiger partial charge in [0.05, 0.1) is 23.9 Å². The average molecular weight is 368 g/mol. The van der Waals surface area contributed by atoms with Gasteiger partial charge in [0.2, 0.25) is 5.13 Å². The van der Waals surface area contributed by atoms with Crippen LogP contribution < -0.4 is 10.2 Å². The zero-order valence-electron chi connectivity index (χ0n) is 14.2. The highest BCUT2D eigenvalue weighted by atomic mass is 32.1. The smallest absolute Gasteiger partial charge is 0.311 e. The number of rotatable bonds is 6. The lowest BCUT2D eigenvalue weighted by atomic mass is 10.1. The van der Waals surface area contributed by atoms with Crippen LogP contribution in [0.25, 0.3) is 11.3 Å². The summed E-state index contributed by atoms with van der Waals surface area (Å²) in [6, 6.07) is 14.6. The maximum atomic E-state index is 11.1. The predicted octanol–water partition coefficient (Wildman–Crippen LogP) is 4.48. The van der Waals surface area contributed by atoms with Crippen LogP contribution in [0.2, 0.25) is 0 Å². The number of aryl methyl sites for hydroxylation is 1. The van der Waals surface area contributed by atoms with Gasteiger partial charge in [-0.1, -0.05) is 30.3 Å². The second kappa shape index (κ2) is 7.75. The van der Waals surface area contributed by atoms with Crippen LogP contribution in [0.5, 0.6) is 5.75 Å². The SMILES string of the molecule is COc1ccc(C=NNc2nc(-c3ccccc3)c(C)s2)cc1[N+](=O)[O-]. The number of hydrogen-bond acceptors (Lipinski definition) is 7. The molecule has 26 heavy (non-hydrogen) atoms. The van der Waals surface area contributed by atoms with Crippen molar-refractivity contribution < 1.29 is 9.66 Å². The van der Waals surface area contributed by atoms with Crippen LogP contribution >= 0.6 is 11.3 Å². The summed E-state index contributed by atoms with van der Waals surface area (Å²) in [5.41, 5.74) is 5.31. The Hall–Kier alpha value is -3.26. The van der Waals surface area contributed by atoms with E-state index in [0.717, 1.165) is 16.1 Å². The topological polar surface area (TPSA) is 89.7 Å². The molecule has 2 aromatic carbocycles. The number of aromatic nitrogens is 1. The zero-order valence-corrected chi connectivity index (χ0v) is 15.0. The molecule has 0 aliphatic rings. The van der Waals surface area contributed by atoms with Crippen molar-refractivity contribution in [1.29, 1.82) is 0 Å². The third-order valence-corrected chi connectivity index (χ3v) is 4.49. The number of nitrogens with one attached hydrogen (secondary N) is 1. The monoisotopic (exact) mass is 368 g/mol. The van der Waals surface area contributed by atoms with Crippen molar-refractivity contribution in [1.82, 2.24) is 4.98 Å². The van der Waals surface area contributed by atoms with Gasteiger partial charge in [0.15, 0.2) is 5.75 Å². The van der Waals surface area contributed by atoms with E-state index in [4.69, 9.17) is 4.74 Å². The van der Waals surface area contributed by atoms with Gasteiger partial charge in [-0.2, -0.15) is 5.10 Å². The fourth-order valence-corrected chi connectivity index (χ4v) is 3.19. The van der Waals surface area contributed by atoms with Crippen LogP contribution in [-0.4, -0.2) is 23.2 Å². The highest BCUT2D eigenvalue weighted by molar-refractivity contribution is 7.15. The molecule has 0 saturated heterocycles. The highest BCUT2D eigenvalue weighted by Crippen LogP contribution is 2.30. The number of nitrogens with zero attached hydrogens (tertiary/aromatic N) is 3. The summed E-state index contributed by atoms with van der Waals surface area (Å²) in [4.78, 5) is 16.2.